The van der Waals surface area contributed by atoms with Crippen molar-refractivity contribution in [3.63, 3.8) is 0 Å². The van der Waals surface area contributed by atoms with E-state index in [9.17, 15) is 4.79 Å². The molecule has 0 atom stereocenters. The standard InChI is InChI=1S/C19H24N4OS/c24-18(15-6-2-1-3-7-15)23(13-14-5-4-9-20-11-14)19-22-16-8-10-21-12-17(16)25-19/h4-5,9,11,15,21H,1-3,6-8,10,12-13H2. The molecule has 0 bridgehead atoms. The Bertz CT molecular complexity index is 701. The number of aromatic nitrogens is 2. The van der Waals surface area contributed by atoms with Gasteiger partial charge >= 0.3 is 0 Å². The van der Waals surface area contributed by atoms with Gasteiger partial charge in [0.2, 0.25) is 5.91 Å². The molecule has 0 unspecified atom stereocenters. The van der Waals surface area contributed by atoms with Crippen molar-refractivity contribution in [2.45, 2.75) is 51.6 Å². The number of nitrogens with one attached hydrogen (secondary N) is 1. The summed E-state index contributed by atoms with van der Waals surface area (Å²) in [6.07, 6.45) is 10.2. The lowest BCUT2D eigenvalue weighted by atomic mass is 9.88. The molecule has 2 aromatic heterocycles. The van der Waals surface area contributed by atoms with Gasteiger partial charge in [-0.25, -0.2) is 4.98 Å². The average Bonchev–Trinajstić information content (AvgIpc) is 3.11. The molecule has 1 aliphatic carbocycles. The van der Waals surface area contributed by atoms with Crippen LogP contribution in [-0.4, -0.2) is 22.4 Å². The molecule has 0 radical (unpaired) electrons. The quantitative estimate of drug-likeness (QED) is 0.913. The smallest absolute Gasteiger partial charge is 0.232 e. The number of fused-ring (bicyclic) bond motifs is 1. The Labute approximate surface area is 152 Å². The van der Waals surface area contributed by atoms with Gasteiger partial charge in [0.15, 0.2) is 5.13 Å². The maximum absolute atomic E-state index is 13.3. The number of carbonyl (C=O) groups is 1. The number of amides is 1. The minimum absolute atomic E-state index is 0.143. The summed E-state index contributed by atoms with van der Waals surface area (Å²) in [5, 5.41) is 4.25. The number of carbonyl (C=O) groups excluding carboxylic acids is 1. The highest BCUT2D eigenvalue weighted by Gasteiger charge is 2.30. The molecule has 2 aromatic rings. The van der Waals surface area contributed by atoms with Crippen LogP contribution in [-0.2, 0) is 24.3 Å². The Morgan fingerprint density at radius 3 is 2.96 bits per heavy atom. The molecular weight excluding hydrogens is 332 g/mol. The van der Waals surface area contributed by atoms with Crippen LogP contribution >= 0.6 is 11.3 Å². The van der Waals surface area contributed by atoms with E-state index in [1.54, 1.807) is 17.5 Å². The Morgan fingerprint density at radius 2 is 2.20 bits per heavy atom. The van der Waals surface area contributed by atoms with E-state index < -0.39 is 0 Å². The molecule has 4 rings (SSSR count). The summed E-state index contributed by atoms with van der Waals surface area (Å²) in [6, 6.07) is 3.96. The average molecular weight is 356 g/mol. The molecule has 1 fully saturated rings. The van der Waals surface area contributed by atoms with Gasteiger partial charge < -0.3 is 5.32 Å². The highest BCUT2D eigenvalue weighted by molar-refractivity contribution is 7.15. The molecule has 1 amide bonds. The number of thiazole rings is 1. The van der Waals surface area contributed by atoms with E-state index in [0.717, 1.165) is 61.6 Å². The van der Waals surface area contributed by atoms with Crippen LogP contribution in [0.5, 0.6) is 0 Å². The third-order valence-corrected chi connectivity index (χ3v) is 6.23. The van der Waals surface area contributed by atoms with E-state index >= 15 is 0 Å². The lowest BCUT2D eigenvalue weighted by molar-refractivity contribution is -0.123. The molecule has 6 heteroatoms. The number of rotatable bonds is 4. The number of hydrogen-bond donors (Lipinski definition) is 1. The zero-order chi connectivity index (χ0) is 17.1. The summed E-state index contributed by atoms with van der Waals surface area (Å²) < 4.78 is 0. The van der Waals surface area contributed by atoms with E-state index in [0.29, 0.717) is 6.54 Å². The van der Waals surface area contributed by atoms with E-state index in [4.69, 9.17) is 4.98 Å². The maximum atomic E-state index is 13.3. The van der Waals surface area contributed by atoms with Gasteiger partial charge in [0.25, 0.3) is 0 Å². The van der Waals surface area contributed by atoms with Crippen LogP contribution < -0.4 is 10.2 Å². The van der Waals surface area contributed by atoms with Crippen molar-refractivity contribution in [1.29, 1.82) is 0 Å². The second kappa shape index (κ2) is 7.62. The first-order chi connectivity index (χ1) is 12.3. The van der Waals surface area contributed by atoms with Crippen molar-refractivity contribution >= 4 is 22.4 Å². The van der Waals surface area contributed by atoms with Crippen LogP contribution in [0.1, 0.15) is 48.2 Å². The Hall–Kier alpha value is -1.79. The molecule has 25 heavy (non-hydrogen) atoms. The molecule has 1 N–H and O–H groups in total. The van der Waals surface area contributed by atoms with E-state index in [1.165, 1.54) is 11.3 Å². The first-order valence-corrected chi connectivity index (χ1v) is 10.0. The largest absolute Gasteiger partial charge is 0.311 e. The predicted octanol–water partition coefficient (Wildman–Crippen LogP) is 3.30. The van der Waals surface area contributed by atoms with Gasteiger partial charge in [-0.05, 0) is 24.5 Å². The lowest BCUT2D eigenvalue weighted by Crippen LogP contribution is -2.36. The molecule has 2 aliphatic rings. The van der Waals surface area contributed by atoms with Crippen molar-refractivity contribution in [3.05, 3.63) is 40.7 Å². The molecule has 5 nitrogen and oxygen atoms in total. The molecule has 0 spiro atoms. The summed E-state index contributed by atoms with van der Waals surface area (Å²) in [7, 11) is 0. The van der Waals surface area contributed by atoms with Crippen molar-refractivity contribution < 1.29 is 4.79 Å². The minimum atomic E-state index is 0.143. The third-order valence-electron chi connectivity index (χ3n) is 5.11. The minimum Gasteiger partial charge on any atom is -0.311 e. The van der Waals surface area contributed by atoms with Crippen molar-refractivity contribution in [2.75, 3.05) is 11.4 Å². The van der Waals surface area contributed by atoms with Crippen LogP contribution in [0.3, 0.4) is 0 Å². The Balaban J connectivity index is 1.62. The van der Waals surface area contributed by atoms with Gasteiger partial charge in [0.1, 0.15) is 0 Å². The highest BCUT2D eigenvalue weighted by Crippen LogP contribution is 2.33. The summed E-state index contributed by atoms with van der Waals surface area (Å²) in [5.74, 6) is 0.382. The van der Waals surface area contributed by atoms with Gasteiger partial charge in [-0.2, -0.15) is 0 Å². The number of anilines is 1. The SMILES string of the molecule is O=C(C1CCCCC1)N(Cc1cccnc1)c1nc2c(s1)CNCC2. The fraction of sp³-hybridized carbons (Fsp3) is 0.526. The molecule has 1 saturated carbocycles. The number of pyridine rings is 1. The summed E-state index contributed by atoms with van der Waals surface area (Å²) in [5.41, 5.74) is 2.21. The normalized spacial score (nSPS) is 17.9. The van der Waals surface area contributed by atoms with Crippen LogP contribution in [0.25, 0.3) is 0 Å². The Morgan fingerprint density at radius 1 is 1.32 bits per heavy atom. The van der Waals surface area contributed by atoms with Gasteiger partial charge in [0.05, 0.1) is 12.2 Å². The fourth-order valence-corrected chi connectivity index (χ4v) is 4.79. The fourth-order valence-electron chi connectivity index (χ4n) is 3.71. The lowest BCUT2D eigenvalue weighted by Gasteiger charge is -2.27. The zero-order valence-electron chi connectivity index (χ0n) is 14.4. The predicted molar refractivity (Wildman–Crippen MR) is 99.5 cm³/mol. The van der Waals surface area contributed by atoms with Crippen molar-refractivity contribution in [2.24, 2.45) is 5.92 Å². The van der Waals surface area contributed by atoms with Gasteiger partial charge in [0, 0.05) is 42.7 Å². The van der Waals surface area contributed by atoms with Gasteiger partial charge in [-0.15, -0.1) is 0 Å². The third kappa shape index (κ3) is 3.75. The zero-order valence-corrected chi connectivity index (χ0v) is 15.2. The molecule has 0 saturated heterocycles. The second-order valence-corrected chi connectivity index (χ2v) is 7.98. The molecule has 1 aliphatic heterocycles. The summed E-state index contributed by atoms with van der Waals surface area (Å²) >= 11 is 1.67. The van der Waals surface area contributed by atoms with Crippen LogP contribution in [0.2, 0.25) is 0 Å². The summed E-state index contributed by atoms with van der Waals surface area (Å²) in [4.78, 5) is 25.5. The van der Waals surface area contributed by atoms with E-state index in [1.807, 2.05) is 23.2 Å². The van der Waals surface area contributed by atoms with Crippen LogP contribution in [0.15, 0.2) is 24.5 Å². The Kier molecular flexibility index (Phi) is 5.08. The van der Waals surface area contributed by atoms with E-state index in [2.05, 4.69) is 10.3 Å². The number of nitrogens with zero attached hydrogens (tertiary/aromatic N) is 3. The van der Waals surface area contributed by atoms with Crippen LogP contribution in [0, 0.1) is 5.92 Å². The molecule has 132 valence electrons. The first-order valence-electron chi connectivity index (χ1n) is 9.21. The summed E-state index contributed by atoms with van der Waals surface area (Å²) in [6.45, 7) is 2.39. The first kappa shape index (κ1) is 16.7. The maximum Gasteiger partial charge on any atom is 0.232 e. The topological polar surface area (TPSA) is 58.1 Å². The van der Waals surface area contributed by atoms with Gasteiger partial charge in [-0.3, -0.25) is 14.7 Å². The van der Waals surface area contributed by atoms with Crippen molar-refractivity contribution in [1.82, 2.24) is 15.3 Å². The molecular formula is C19H24N4OS. The van der Waals surface area contributed by atoms with E-state index in [-0.39, 0.29) is 11.8 Å². The van der Waals surface area contributed by atoms with Crippen molar-refractivity contribution in [3.8, 4) is 0 Å². The monoisotopic (exact) mass is 356 g/mol. The number of hydrogen-bond acceptors (Lipinski definition) is 5. The molecule has 3 heterocycles. The second-order valence-electron chi connectivity index (χ2n) is 6.91. The van der Waals surface area contributed by atoms with Crippen LogP contribution in [0.4, 0.5) is 5.13 Å². The molecule has 0 aromatic carbocycles. The van der Waals surface area contributed by atoms with Gasteiger partial charge in [-0.1, -0.05) is 36.7 Å². The highest BCUT2D eigenvalue weighted by atomic mass is 32.1.